The van der Waals surface area contributed by atoms with E-state index in [1.807, 2.05) is 0 Å². The van der Waals surface area contributed by atoms with Crippen LogP contribution in [-0.4, -0.2) is 57.9 Å². The summed E-state index contributed by atoms with van der Waals surface area (Å²) in [6.07, 6.45) is 5.62. The number of fused-ring (bicyclic) bond motifs is 1. The number of piperidine rings is 2. The van der Waals surface area contributed by atoms with Crippen LogP contribution in [-0.2, 0) is 4.79 Å². The van der Waals surface area contributed by atoms with E-state index in [2.05, 4.69) is 42.3 Å². The Bertz CT molecular complexity index is 389. The Labute approximate surface area is 133 Å². The molecule has 0 spiro atoms. The zero-order valence-electron chi connectivity index (χ0n) is 13.8. The Kier molecular flexibility index (Phi) is 4.56. The third kappa shape index (κ3) is 3.95. The van der Waals surface area contributed by atoms with Crippen molar-refractivity contribution in [2.24, 2.45) is 5.92 Å². The fourth-order valence-electron chi connectivity index (χ4n) is 3.88. The summed E-state index contributed by atoms with van der Waals surface area (Å²) in [7, 11) is 0. The molecule has 3 nitrogen and oxygen atoms in total. The van der Waals surface area contributed by atoms with Crippen LogP contribution in [0.5, 0.6) is 0 Å². The molecule has 3 aliphatic rings. The van der Waals surface area contributed by atoms with E-state index in [1.54, 1.807) is 0 Å². The van der Waals surface area contributed by atoms with Gasteiger partial charge in [-0.1, -0.05) is 20.8 Å². The lowest BCUT2D eigenvalue weighted by Crippen LogP contribution is -2.56. The van der Waals surface area contributed by atoms with Crippen molar-refractivity contribution in [3.05, 3.63) is 0 Å². The summed E-state index contributed by atoms with van der Waals surface area (Å²) >= 11 is 2.07. The molecule has 2 saturated heterocycles. The second-order valence-corrected chi connectivity index (χ2v) is 9.87. The highest BCUT2D eigenvalue weighted by atomic mass is 32.2. The van der Waals surface area contributed by atoms with Crippen molar-refractivity contribution in [2.45, 2.75) is 69.7 Å². The molecule has 1 amide bonds. The van der Waals surface area contributed by atoms with Crippen molar-refractivity contribution in [1.29, 1.82) is 0 Å². The first-order valence-electron chi connectivity index (χ1n) is 8.61. The SMILES string of the molecule is CC(C)(C)SCCN1CC[C@H]2[C@H](CCC(=O)N2C2CC2)C1. The van der Waals surface area contributed by atoms with Gasteiger partial charge in [-0.05, 0) is 31.6 Å². The molecule has 1 saturated carbocycles. The van der Waals surface area contributed by atoms with Gasteiger partial charge in [0.15, 0.2) is 0 Å². The van der Waals surface area contributed by atoms with Crippen LogP contribution in [0.1, 0.15) is 52.9 Å². The summed E-state index contributed by atoms with van der Waals surface area (Å²) in [5.74, 6) is 2.40. The smallest absolute Gasteiger partial charge is 0.223 e. The molecule has 2 aliphatic heterocycles. The maximum Gasteiger partial charge on any atom is 0.223 e. The normalized spacial score (nSPS) is 31.4. The Morgan fingerprint density at radius 3 is 2.62 bits per heavy atom. The minimum absolute atomic E-state index is 0.373. The second kappa shape index (κ2) is 6.11. The van der Waals surface area contributed by atoms with E-state index in [4.69, 9.17) is 0 Å². The fourth-order valence-corrected chi connectivity index (χ4v) is 4.84. The van der Waals surface area contributed by atoms with Crippen molar-refractivity contribution in [3.8, 4) is 0 Å². The average molecular weight is 311 g/mol. The van der Waals surface area contributed by atoms with E-state index in [9.17, 15) is 4.79 Å². The van der Waals surface area contributed by atoms with Crippen LogP contribution in [0.2, 0.25) is 0 Å². The van der Waals surface area contributed by atoms with Crippen molar-refractivity contribution in [3.63, 3.8) is 0 Å². The van der Waals surface area contributed by atoms with Gasteiger partial charge in [-0.2, -0.15) is 11.8 Å². The van der Waals surface area contributed by atoms with E-state index < -0.39 is 0 Å². The van der Waals surface area contributed by atoms with Gasteiger partial charge < -0.3 is 9.80 Å². The maximum atomic E-state index is 12.2. The Hall–Kier alpha value is -0.220. The first kappa shape index (κ1) is 15.7. The van der Waals surface area contributed by atoms with Gasteiger partial charge in [0.2, 0.25) is 5.91 Å². The third-order valence-electron chi connectivity index (χ3n) is 5.04. The van der Waals surface area contributed by atoms with E-state index >= 15 is 0 Å². The summed E-state index contributed by atoms with van der Waals surface area (Å²) in [5.41, 5.74) is 0. The minimum atomic E-state index is 0.373. The van der Waals surface area contributed by atoms with Gasteiger partial charge in [-0.15, -0.1) is 0 Å². The van der Waals surface area contributed by atoms with Crippen LogP contribution < -0.4 is 0 Å². The molecule has 21 heavy (non-hydrogen) atoms. The molecule has 3 rings (SSSR count). The second-order valence-electron chi connectivity index (χ2n) is 7.95. The number of carbonyl (C=O) groups excluding carboxylic acids is 1. The molecule has 2 atom stereocenters. The monoisotopic (exact) mass is 310 g/mol. The predicted octanol–water partition coefficient (Wildman–Crippen LogP) is 2.99. The van der Waals surface area contributed by atoms with Gasteiger partial charge in [0.25, 0.3) is 0 Å². The highest BCUT2D eigenvalue weighted by Gasteiger charge is 2.45. The summed E-state index contributed by atoms with van der Waals surface area (Å²) in [4.78, 5) is 17.1. The van der Waals surface area contributed by atoms with Crippen LogP contribution in [0.4, 0.5) is 0 Å². The molecule has 0 bridgehead atoms. The summed E-state index contributed by atoms with van der Waals surface area (Å²) in [6.45, 7) is 10.5. The van der Waals surface area contributed by atoms with Gasteiger partial charge in [-0.3, -0.25) is 4.79 Å². The molecule has 0 aromatic carbocycles. The van der Waals surface area contributed by atoms with Crippen LogP contribution in [0.15, 0.2) is 0 Å². The lowest BCUT2D eigenvalue weighted by Gasteiger charge is -2.47. The number of nitrogens with zero attached hydrogens (tertiary/aromatic N) is 2. The molecular weight excluding hydrogens is 280 g/mol. The number of hydrogen-bond donors (Lipinski definition) is 0. The van der Waals surface area contributed by atoms with Gasteiger partial charge in [0.1, 0.15) is 0 Å². The van der Waals surface area contributed by atoms with E-state index in [0.717, 1.165) is 18.8 Å². The van der Waals surface area contributed by atoms with Gasteiger partial charge in [0.05, 0.1) is 0 Å². The zero-order valence-corrected chi connectivity index (χ0v) is 14.6. The number of likely N-dealkylation sites (tertiary alicyclic amines) is 2. The predicted molar refractivity (Wildman–Crippen MR) is 89.6 cm³/mol. The molecule has 4 heteroatoms. The Balaban J connectivity index is 1.50. The van der Waals surface area contributed by atoms with Crippen molar-refractivity contribution in [2.75, 3.05) is 25.4 Å². The molecule has 1 aliphatic carbocycles. The lowest BCUT2D eigenvalue weighted by molar-refractivity contribution is -0.141. The lowest BCUT2D eigenvalue weighted by atomic mass is 9.83. The number of hydrogen-bond acceptors (Lipinski definition) is 3. The molecular formula is C17H30N2OS. The summed E-state index contributed by atoms with van der Waals surface area (Å²) in [6, 6.07) is 1.17. The van der Waals surface area contributed by atoms with E-state index in [-0.39, 0.29) is 0 Å². The van der Waals surface area contributed by atoms with Crippen LogP contribution >= 0.6 is 11.8 Å². The standard InChI is InChI=1S/C17H30N2OS/c1-17(2,3)21-11-10-18-9-8-15-13(12-18)4-7-16(20)19(15)14-5-6-14/h13-15H,4-12H2,1-3H3/t13-,15+/m1/s1. The Morgan fingerprint density at radius 2 is 1.95 bits per heavy atom. The number of rotatable bonds is 4. The molecule has 0 aromatic rings. The van der Waals surface area contributed by atoms with Crippen molar-refractivity contribution >= 4 is 17.7 Å². The topological polar surface area (TPSA) is 23.6 Å². The van der Waals surface area contributed by atoms with E-state index in [0.29, 0.717) is 22.7 Å². The molecule has 0 unspecified atom stereocenters. The minimum Gasteiger partial charge on any atom is -0.336 e. The molecule has 120 valence electrons. The van der Waals surface area contributed by atoms with Crippen LogP contribution in [0.3, 0.4) is 0 Å². The quantitative estimate of drug-likeness (QED) is 0.797. The third-order valence-corrected chi connectivity index (χ3v) is 6.29. The van der Waals surface area contributed by atoms with Gasteiger partial charge >= 0.3 is 0 Å². The highest BCUT2D eigenvalue weighted by Crippen LogP contribution is 2.39. The molecule has 3 fully saturated rings. The summed E-state index contributed by atoms with van der Waals surface area (Å²) in [5, 5.41) is 0. The number of amides is 1. The van der Waals surface area contributed by atoms with Crippen LogP contribution in [0, 0.1) is 5.92 Å². The van der Waals surface area contributed by atoms with Gasteiger partial charge in [-0.25, -0.2) is 0 Å². The first-order valence-corrected chi connectivity index (χ1v) is 9.60. The zero-order chi connectivity index (χ0) is 15.0. The number of thioether (sulfide) groups is 1. The average Bonchev–Trinajstić information content (AvgIpc) is 3.21. The van der Waals surface area contributed by atoms with Gasteiger partial charge in [0, 0.05) is 48.6 Å². The van der Waals surface area contributed by atoms with Crippen molar-refractivity contribution in [1.82, 2.24) is 9.80 Å². The molecule has 2 heterocycles. The molecule has 0 aromatic heterocycles. The molecule has 0 radical (unpaired) electrons. The molecule has 0 N–H and O–H groups in total. The Morgan fingerprint density at radius 1 is 1.19 bits per heavy atom. The maximum absolute atomic E-state index is 12.2. The van der Waals surface area contributed by atoms with Crippen molar-refractivity contribution < 1.29 is 4.79 Å². The largest absolute Gasteiger partial charge is 0.336 e. The van der Waals surface area contributed by atoms with E-state index in [1.165, 1.54) is 44.6 Å². The number of carbonyl (C=O) groups is 1. The summed E-state index contributed by atoms with van der Waals surface area (Å²) < 4.78 is 0.373. The fraction of sp³-hybridized carbons (Fsp3) is 0.941. The highest BCUT2D eigenvalue weighted by molar-refractivity contribution is 8.00. The van der Waals surface area contributed by atoms with Crippen LogP contribution in [0.25, 0.3) is 0 Å². The first-order chi connectivity index (χ1) is 9.94.